The summed E-state index contributed by atoms with van der Waals surface area (Å²) in [4.78, 5) is 3.00. The van der Waals surface area contributed by atoms with E-state index in [0.717, 1.165) is 11.4 Å². The average molecular weight is 208 g/mol. The van der Waals surface area contributed by atoms with Crippen molar-refractivity contribution in [1.82, 2.24) is 9.55 Å². The van der Waals surface area contributed by atoms with Crippen LogP contribution in [0.25, 0.3) is 5.69 Å². The van der Waals surface area contributed by atoms with E-state index in [9.17, 15) is 4.39 Å². The minimum atomic E-state index is -0.243. The highest BCUT2D eigenvalue weighted by molar-refractivity contribution is 7.71. The summed E-state index contributed by atoms with van der Waals surface area (Å²) in [5.41, 5.74) is 1.85. The minimum absolute atomic E-state index is 0.243. The second kappa shape index (κ2) is 3.38. The zero-order valence-electron chi connectivity index (χ0n) is 7.62. The first-order valence-corrected chi connectivity index (χ1v) is 4.62. The van der Waals surface area contributed by atoms with E-state index in [1.165, 1.54) is 12.1 Å². The lowest BCUT2D eigenvalue weighted by atomic mass is 10.3. The molecule has 0 aliphatic rings. The molecule has 1 aromatic heterocycles. The number of hydrogen-bond donors (Lipinski definition) is 1. The lowest BCUT2D eigenvalue weighted by Crippen LogP contribution is -1.91. The highest BCUT2D eigenvalue weighted by Gasteiger charge is 1.99. The fourth-order valence-corrected chi connectivity index (χ4v) is 1.63. The average Bonchev–Trinajstić information content (AvgIpc) is 2.47. The summed E-state index contributed by atoms with van der Waals surface area (Å²) in [6.45, 7) is 1.93. The largest absolute Gasteiger partial charge is 0.335 e. The molecule has 14 heavy (non-hydrogen) atoms. The number of aromatic nitrogens is 2. The molecule has 0 spiro atoms. The van der Waals surface area contributed by atoms with Gasteiger partial charge in [-0.05, 0) is 43.4 Å². The maximum atomic E-state index is 12.7. The molecule has 0 saturated carbocycles. The Bertz CT molecular complexity index is 496. The van der Waals surface area contributed by atoms with E-state index in [1.807, 2.05) is 17.7 Å². The van der Waals surface area contributed by atoms with Crippen molar-refractivity contribution >= 4 is 12.2 Å². The summed E-state index contributed by atoms with van der Waals surface area (Å²) >= 11 is 5.10. The molecule has 0 bridgehead atoms. The van der Waals surface area contributed by atoms with Gasteiger partial charge in [0, 0.05) is 17.6 Å². The molecule has 1 N–H and O–H groups in total. The van der Waals surface area contributed by atoms with Crippen LogP contribution in [-0.4, -0.2) is 9.55 Å². The van der Waals surface area contributed by atoms with Gasteiger partial charge in [-0.1, -0.05) is 0 Å². The van der Waals surface area contributed by atoms with Crippen molar-refractivity contribution in [3.8, 4) is 5.69 Å². The third-order valence-corrected chi connectivity index (χ3v) is 2.25. The number of H-pyrrole nitrogens is 1. The molecular formula is C10H9FN2S. The molecule has 2 rings (SSSR count). The van der Waals surface area contributed by atoms with Crippen LogP contribution in [0.15, 0.2) is 30.5 Å². The van der Waals surface area contributed by atoms with Crippen LogP contribution in [-0.2, 0) is 0 Å². The Labute approximate surface area is 86.0 Å². The predicted octanol–water partition coefficient (Wildman–Crippen LogP) is 2.98. The van der Waals surface area contributed by atoms with Crippen LogP contribution in [0.4, 0.5) is 4.39 Å². The Morgan fingerprint density at radius 3 is 2.43 bits per heavy atom. The highest BCUT2D eigenvalue weighted by Crippen LogP contribution is 2.10. The van der Waals surface area contributed by atoms with Crippen molar-refractivity contribution in [2.24, 2.45) is 0 Å². The number of nitrogens with one attached hydrogen (secondary N) is 1. The van der Waals surface area contributed by atoms with Gasteiger partial charge in [0.15, 0.2) is 4.77 Å². The van der Waals surface area contributed by atoms with E-state index in [4.69, 9.17) is 12.2 Å². The van der Waals surface area contributed by atoms with Gasteiger partial charge < -0.3 is 4.98 Å². The van der Waals surface area contributed by atoms with Gasteiger partial charge in [0.1, 0.15) is 5.82 Å². The van der Waals surface area contributed by atoms with E-state index in [2.05, 4.69) is 4.98 Å². The van der Waals surface area contributed by atoms with Crippen molar-refractivity contribution in [2.45, 2.75) is 6.92 Å². The minimum Gasteiger partial charge on any atom is -0.335 e. The first-order valence-electron chi connectivity index (χ1n) is 4.21. The molecular weight excluding hydrogens is 199 g/mol. The Morgan fingerprint density at radius 2 is 1.93 bits per heavy atom. The third-order valence-electron chi connectivity index (χ3n) is 1.95. The number of imidazole rings is 1. The number of aryl methyl sites for hydroxylation is 1. The number of nitrogens with zero attached hydrogens (tertiary/aromatic N) is 1. The number of hydrogen-bond acceptors (Lipinski definition) is 1. The maximum Gasteiger partial charge on any atom is 0.181 e. The van der Waals surface area contributed by atoms with E-state index in [1.54, 1.807) is 12.1 Å². The zero-order valence-corrected chi connectivity index (χ0v) is 8.44. The number of rotatable bonds is 1. The summed E-state index contributed by atoms with van der Waals surface area (Å²) in [7, 11) is 0. The highest BCUT2D eigenvalue weighted by atomic mass is 32.1. The number of benzene rings is 1. The fourth-order valence-electron chi connectivity index (χ4n) is 1.31. The fraction of sp³-hybridized carbons (Fsp3) is 0.100. The van der Waals surface area contributed by atoms with Crippen LogP contribution in [0.1, 0.15) is 5.69 Å². The second-order valence-electron chi connectivity index (χ2n) is 3.09. The molecule has 0 amide bonds. The summed E-state index contributed by atoms with van der Waals surface area (Å²) < 4.78 is 15.1. The third kappa shape index (κ3) is 1.61. The first-order chi connectivity index (χ1) is 6.66. The second-order valence-corrected chi connectivity index (χ2v) is 3.48. The van der Waals surface area contributed by atoms with E-state index in [0.29, 0.717) is 4.77 Å². The molecule has 2 nitrogen and oxygen atoms in total. The standard InChI is InChI=1S/C10H9FN2S/c1-7-6-13(10(14)12-7)9-4-2-8(11)3-5-9/h2-6H,1H3,(H,12,14). The molecule has 0 unspecified atom stereocenters. The number of aromatic amines is 1. The lowest BCUT2D eigenvalue weighted by molar-refractivity contribution is 0.627. The molecule has 0 saturated heterocycles. The Morgan fingerprint density at radius 1 is 1.29 bits per heavy atom. The Balaban J connectivity index is 2.54. The summed E-state index contributed by atoms with van der Waals surface area (Å²) in [5, 5.41) is 0. The van der Waals surface area contributed by atoms with Crippen LogP contribution < -0.4 is 0 Å². The molecule has 0 fully saturated rings. The molecule has 1 aromatic carbocycles. The smallest absolute Gasteiger partial charge is 0.181 e. The van der Waals surface area contributed by atoms with E-state index in [-0.39, 0.29) is 5.82 Å². The molecule has 4 heteroatoms. The van der Waals surface area contributed by atoms with Gasteiger partial charge in [-0.2, -0.15) is 0 Å². The summed E-state index contributed by atoms with van der Waals surface area (Å²) in [6.07, 6.45) is 1.88. The van der Waals surface area contributed by atoms with Crippen LogP contribution in [0.5, 0.6) is 0 Å². The maximum absolute atomic E-state index is 12.7. The van der Waals surface area contributed by atoms with Crippen LogP contribution in [0.3, 0.4) is 0 Å². The Kier molecular flexibility index (Phi) is 2.21. The Hall–Kier alpha value is -1.42. The monoisotopic (exact) mass is 208 g/mol. The van der Waals surface area contributed by atoms with Crippen molar-refractivity contribution in [3.63, 3.8) is 0 Å². The van der Waals surface area contributed by atoms with Gasteiger partial charge in [0.05, 0.1) is 0 Å². The van der Waals surface area contributed by atoms with Gasteiger partial charge >= 0.3 is 0 Å². The van der Waals surface area contributed by atoms with Crippen LogP contribution in [0.2, 0.25) is 0 Å². The quantitative estimate of drug-likeness (QED) is 0.714. The summed E-state index contributed by atoms with van der Waals surface area (Å²) in [6, 6.07) is 6.22. The van der Waals surface area contributed by atoms with Crippen molar-refractivity contribution < 1.29 is 4.39 Å². The van der Waals surface area contributed by atoms with Crippen molar-refractivity contribution in [2.75, 3.05) is 0 Å². The SMILES string of the molecule is Cc1cn(-c2ccc(F)cc2)c(=S)[nH]1. The first kappa shape index (κ1) is 9.15. The molecule has 0 aliphatic heterocycles. The molecule has 0 radical (unpaired) electrons. The summed E-state index contributed by atoms with van der Waals surface area (Å²) in [5.74, 6) is -0.243. The van der Waals surface area contributed by atoms with Gasteiger partial charge in [0.25, 0.3) is 0 Å². The normalized spacial score (nSPS) is 10.4. The van der Waals surface area contributed by atoms with Crippen LogP contribution >= 0.6 is 12.2 Å². The molecule has 0 atom stereocenters. The van der Waals surface area contributed by atoms with Crippen molar-refractivity contribution in [1.29, 1.82) is 0 Å². The van der Waals surface area contributed by atoms with E-state index < -0.39 is 0 Å². The van der Waals surface area contributed by atoms with Crippen molar-refractivity contribution in [3.05, 3.63) is 46.7 Å². The molecule has 2 aromatic rings. The van der Waals surface area contributed by atoms with Gasteiger partial charge in [-0.25, -0.2) is 4.39 Å². The van der Waals surface area contributed by atoms with Gasteiger partial charge in [0.2, 0.25) is 0 Å². The van der Waals surface area contributed by atoms with Gasteiger partial charge in [-0.3, -0.25) is 4.57 Å². The molecule has 0 aliphatic carbocycles. The number of halogens is 1. The predicted molar refractivity (Wildman–Crippen MR) is 55.6 cm³/mol. The zero-order chi connectivity index (χ0) is 10.1. The topological polar surface area (TPSA) is 20.7 Å². The molecule has 1 heterocycles. The van der Waals surface area contributed by atoms with Gasteiger partial charge in [-0.15, -0.1) is 0 Å². The van der Waals surface area contributed by atoms with Crippen LogP contribution in [0, 0.1) is 17.5 Å². The molecule has 72 valence electrons. The van der Waals surface area contributed by atoms with E-state index >= 15 is 0 Å². The lowest BCUT2D eigenvalue weighted by Gasteiger charge is -2.00.